The summed E-state index contributed by atoms with van der Waals surface area (Å²) in [5, 5.41) is 6.42. The molecule has 0 aliphatic rings. The Bertz CT molecular complexity index is 399. The van der Waals surface area contributed by atoms with Gasteiger partial charge < -0.3 is 10.6 Å². The van der Waals surface area contributed by atoms with Gasteiger partial charge in [0.05, 0.1) is 0 Å². The molecule has 0 aromatic carbocycles. The van der Waals surface area contributed by atoms with Crippen molar-refractivity contribution in [2.24, 2.45) is 0 Å². The third-order valence-corrected chi connectivity index (χ3v) is 2.88. The Kier molecular flexibility index (Phi) is 5.73. The number of anilines is 1. The Labute approximate surface area is 116 Å². The maximum absolute atomic E-state index is 14.3. The third kappa shape index (κ3) is 5.55. The molecule has 1 rings (SSSR count). The monoisotopic (exact) mass is 267 g/mol. The molecule has 0 spiro atoms. The van der Waals surface area contributed by atoms with Crippen molar-refractivity contribution in [1.29, 1.82) is 0 Å². The topological polar surface area (TPSA) is 37.0 Å². The number of nitrogens with zero attached hydrogens (tertiary/aromatic N) is 1. The second-order valence-electron chi connectivity index (χ2n) is 6.07. The largest absolute Gasteiger partial charge is 0.365 e. The minimum Gasteiger partial charge on any atom is -0.365 e. The molecule has 0 radical (unpaired) electrons. The highest BCUT2D eigenvalue weighted by atomic mass is 19.1. The molecule has 0 fully saturated rings. The van der Waals surface area contributed by atoms with E-state index in [0.717, 1.165) is 12.8 Å². The fourth-order valence-electron chi connectivity index (χ4n) is 1.82. The second kappa shape index (κ2) is 6.85. The maximum atomic E-state index is 14.3. The van der Waals surface area contributed by atoms with Crippen molar-refractivity contribution in [3.8, 4) is 0 Å². The molecule has 2 N–H and O–H groups in total. The van der Waals surface area contributed by atoms with Crippen LogP contribution in [0, 0.1) is 5.82 Å². The molecule has 0 saturated heterocycles. The van der Waals surface area contributed by atoms with Crippen LogP contribution in [0.15, 0.2) is 12.3 Å². The molecule has 1 aromatic rings. The van der Waals surface area contributed by atoms with Gasteiger partial charge in [-0.25, -0.2) is 9.37 Å². The van der Waals surface area contributed by atoms with E-state index >= 15 is 0 Å². The van der Waals surface area contributed by atoms with Crippen LogP contribution < -0.4 is 10.6 Å². The molecule has 4 heteroatoms. The number of halogens is 1. The fourth-order valence-corrected chi connectivity index (χ4v) is 1.82. The van der Waals surface area contributed by atoms with Crippen LogP contribution >= 0.6 is 0 Å². The highest BCUT2D eigenvalue weighted by Crippen LogP contribution is 2.17. The quantitative estimate of drug-likeness (QED) is 0.825. The maximum Gasteiger partial charge on any atom is 0.169 e. The number of pyridine rings is 1. The Hall–Kier alpha value is -1.16. The van der Waals surface area contributed by atoms with E-state index in [2.05, 4.69) is 43.3 Å². The summed E-state index contributed by atoms with van der Waals surface area (Å²) >= 11 is 0. The summed E-state index contributed by atoms with van der Waals surface area (Å²) < 4.78 is 14.3. The first-order chi connectivity index (χ1) is 8.83. The Morgan fingerprint density at radius 2 is 2.05 bits per heavy atom. The molecule has 1 heterocycles. The van der Waals surface area contributed by atoms with E-state index in [0.29, 0.717) is 17.9 Å². The van der Waals surface area contributed by atoms with Gasteiger partial charge in [-0.2, -0.15) is 0 Å². The van der Waals surface area contributed by atoms with Gasteiger partial charge in [0.25, 0.3) is 0 Å². The lowest BCUT2D eigenvalue weighted by molar-refractivity contribution is 0.418. The van der Waals surface area contributed by atoms with Crippen LogP contribution in [0.25, 0.3) is 0 Å². The normalized spacial score (nSPS) is 13.4. The van der Waals surface area contributed by atoms with Crippen LogP contribution in [0.4, 0.5) is 10.2 Å². The minimum absolute atomic E-state index is 0.0290. The molecule has 0 aliphatic heterocycles. The first-order valence-corrected chi connectivity index (χ1v) is 6.98. The number of hydrogen-bond acceptors (Lipinski definition) is 3. The molecule has 0 amide bonds. The van der Waals surface area contributed by atoms with Crippen LogP contribution in [0.3, 0.4) is 0 Å². The summed E-state index contributed by atoms with van der Waals surface area (Å²) in [6.45, 7) is 10.9. The van der Waals surface area contributed by atoms with Gasteiger partial charge >= 0.3 is 0 Å². The van der Waals surface area contributed by atoms with Gasteiger partial charge in [-0.1, -0.05) is 13.3 Å². The molecule has 3 nitrogen and oxygen atoms in total. The lowest BCUT2D eigenvalue weighted by Gasteiger charge is -2.21. The molecule has 1 unspecified atom stereocenters. The van der Waals surface area contributed by atoms with Crippen LogP contribution in [0.5, 0.6) is 0 Å². The molecular formula is C15H26FN3. The van der Waals surface area contributed by atoms with Crippen molar-refractivity contribution in [3.63, 3.8) is 0 Å². The average molecular weight is 267 g/mol. The van der Waals surface area contributed by atoms with Gasteiger partial charge in [-0.05, 0) is 40.2 Å². The van der Waals surface area contributed by atoms with E-state index in [1.165, 1.54) is 0 Å². The van der Waals surface area contributed by atoms with Crippen LogP contribution in [0.2, 0.25) is 0 Å². The molecule has 0 bridgehead atoms. The van der Waals surface area contributed by atoms with Crippen molar-refractivity contribution in [3.05, 3.63) is 23.6 Å². The van der Waals surface area contributed by atoms with E-state index < -0.39 is 0 Å². The fraction of sp³-hybridized carbons (Fsp3) is 0.667. The van der Waals surface area contributed by atoms with Crippen molar-refractivity contribution in [2.75, 3.05) is 5.32 Å². The van der Waals surface area contributed by atoms with Gasteiger partial charge in [-0.3, -0.25) is 0 Å². The van der Waals surface area contributed by atoms with E-state index in [9.17, 15) is 4.39 Å². The zero-order valence-electron chi connectivity index (χ0n) is 12.7. The minimum atomic E-state index is -0.248. The van der Waals surface area contributed by atoms with Gasteiger partial charge in [0.2, 0.25) is 0 Å². The highest BCUT2D eigenvalue weighted by molar-refractivity contribution is 5.40. The molecule has 1 atom stereocenters. The predicted octanol–water partition coefficient (Wildman–Crippen LogP) is 3.71. The molecular weight excluding hydrogens is 241 g/mol. The van der Waals surface area contributed by atoms with Crippen LogP contribution in [-0.4, -0.2) is 16.6 Å². The van der Waals surface area contributed by atoms with Crippen molar-refractivity contribution in [2.45, 2.75) is 65.6 Å². The van der Waals surface area contributed by atoms with Gasteiger partial charge in [0, 0.05) is 29.9 Å². The smallest absolute Gasteiger partial charge is 0.169 e. The lowest BCUT2D eigenvalue weighted by Crippen LogP contribution is -2.35. The summed E-state index contributed by atoms with van der Waals surface area (Å²) in [6.07, 6.45) is 3.73. The zero-order valence-corrected chi connectivity index (χ0v) is 12.7. The van der Waals surface area contributed by atoms with Gasteiger partial charge in [-0.15, -0.1) is 0 Å². The zero-order chi connectivity index (χ0) is 14.5. The van der Waals surface area contributed by atoms with Gasteiger partial charge in [0.1, 0.15) is 0 Å². The van der Waals surface area contributed by atoms with E-state index in [1.54, 1.807) is 12.3 Å². The molecule has 0 saturated carbocycles. The number of nitrogens with one attached hydrogen (secondary N) is 2. The second-order valence-corrected chi connectivity index (χ2v) is 6.07. The van der Waals surface area contributed by atoms with Crippen molar-refractivity contribution >= 4 is 5.82 Å². The molecule has 108 valence electrons. The predicted molar refractivity (Wildman–Crippen MR) is 78.8 cm³/mol. The summed E-state index contributed by atoms with van der Waals surface area (Å²) in [5.41, 5.74) is 0.620. The van der Waals surface area contributed by atoms with Crippen LogP contribution in [0.1, 0.15) is 53.0 Å². The summed E-state index contributed by atoms with van der Waals surface area (Å²) in [4.78, 5) is 4.09. The summed E-state index contributed by atoms with van der Waals surface area (Å²) in [7, 11) is 0. The van der Waals surface area contributed by atoms with Crippen LogP contribution in [-0.2, 0) is 6.54 Å². The third-order valence-electron chi connectivity index (χ3n) is 2.88. The van der Waals surface area contributed by atoms with E-state index in [4.69, 9.17) is 0 Å². The Balaban J connectivity index is 2.74. The van der Waals surface area contributed by atoms with E-state index in [-0.39, 0.29) is 17.4 Å². The molecule has 19 heavy (non-hydrogen) atoms. The average Bonchev–Trinajstić information content (AvgIpc) is 2.29. The van der Waals surface area contributed by atoms with Crippen molar-refractivity contribution in [1.82, 2.24) is 10.3 Å². The highest BCUT2D eigenvalue weighted by Gasteiger charge is 2.14. The molecule has 0 aliphatic carbocycles. The first-order valence-electron chi connectivity index (χ1n) is 6.98. The first kappa shape index (κ1) is 15.9. The lowest BCUT2D eigenvalue weighted by atomic mass is 10.1. The SMILES string of the molecule is CCCC(C)Nc1nccc(CNC(C)(C)C)c1F. The summed E-state index contributed by atoms with van der Waals surface area (Å²) in [6, 6.07) is 1.96. The Morgan fingerprint density at radius 3 is 2.63 bits per heavy atom. The number of aromatic nitrogens is 1. The molecule has 1 aromatic heterocycles. The van der Waals surface area contributed by atoms with E-state index in [1.807, 2.05) is 6.92 Å². The number of hydrogen-bond donors (Lipinski definition) is 2. The standard InChI is InChI=1S/C15H26FN3/c1-6-7-11(2)19-14-13(16)12(8-9-17-14)10-18-15(3,4)5/h8-9,11,18H,6-7,10H2,1-5H3,(H,17,19). The van der Waals surface area contributed by atoms with Gasteiger partial charge in [0.15, 0.2) is 11.6 Å². The number of rotatable bonds is 6. The Morgan fingerprint density at radius 1 is 1.37 bits per heavy atom. The summed E-state index contributed by atoms with van der Waals surface area (Å²) in [5.74, 6) is 0.108. The van der Waals surface area contributed by atoms with Crippen molar-refractivity contribution < 1.29 is 4.39 Å².